The van der Waals surface area contributed by atoms with Gasteiger partial charge in [0, 0.05) is 23.9 Å². The number of nitrogens with one attached hydrogen (secondary N) is 1. The van der Waals surface area contributed by atoms with Crippen LogP contribution >= 0.6 is 0 Å². The Balaban J connectivity index is 1.53. The first kappa shape index (κ1) is 20.7. The van der Waals surface area contributed by atoms with Gasteiger partial charge in [0.25, 0.3) is 11.5 Å². The molecule has 3 aromatic rings. The highest BCUT2D eigenvalue weighted by molar-refractivity contribution is 5.94. The summed E-state index contributed by atoms with van der Waals surface area (Å²) in [5, 5.41) is 4.29. The maximum atomic E-state index is 13.4. The lowest BCUT2D eigenvalue weighted by atomic mass is 10.0. The molecule has 2 heterocycles. The van der Waals surface area contributed by atoms with Gasteiger partial charge in [-0.05, 0) is 42.5 Å². The van der Waals surface area contributed by atoms with Crippen LogP contribution in [0, 0.1) is 5.92 Å². The van der Waals surface area contributed by atoms with Crippen LogP contribution < -0.4 is 16.0 Å². The average Bonchev–Trinajstić information content (AvgIpc) is 3.41. The van der Waals surface area contributed by atoms with Crippen LogP contribution in [0.2, 0.25) is 0 Å². The number of rotatable bonds is 7. The van der Waals surface area contributed by atoms with Crippen molar-refractivity contribution in [1.82, 2.24) is 14.8 Å². The third kappa shape index (κ3) is 4.79. The Morgan fingerprint density at radius 3 is 2.58 bits per heavy atom. The lowest BCUT2D eigenvalue weighted by Gasteiger charge is -2.14. The number of alkyl halides is 3. The van der Waals surface area contributed by atoms with Gasteiger partial charge in [0.2, 0.25) is 0 Å². The molecule has 162 valence electrons. The second kappa shape index (κ2) is 7.93. The molecule has 1 aromatic carbocycles. The van der Waals surface area contributed by atoms with E-state index in [1.54, 1.807) is 11.2 Å². The number of ether oxygens (including phenoxy) is 1. The molecule has 3 N–H and O–H groups in total. The summed E-state index contributed by atoms with van der Waals surface area (Å²) in [7, 11) is 0. The van der Waals surface area contributed by atoms with Crippen molar-refractivity contribution in [2.24, 2.45) is 11.7 Å². The van der Waals surface area contributed by atoms with Crippen LogP contribution in [0.5, 0.6) is 5.75 Å². The Hall–Kier alpha value is -3.56. The number of carbonyl (C=O) groups is 1. The Morgan fingerprint density at radius 1 is 1.26 bits per heavy atom. The van der Waals surface area contributed by atoms with Crippen LogP contribution in [0.25, 0.3) is 11.1 Å². The van der Waals surface area contributed by atoms with Gasteiger partial charge in [0.15, 0.2) is 0 Å². The van der Waals surface area contributed by atoms with E-state index in [2.05, 4.69) is 5.10 Å². The molecule has 1 aliphatic carbocycles. The topological polar surface area (TPSA) is 103 Å². The van der Waals surface area contributed by atoms with Gasteiger partial charge < -0.3 is 15.5 Å². The Bertz CT molecular complexity index is 1160. The number of amides is 1. The Morgan fingerprint density at radius 2 is 1.97 bits per heavy atom. The molecular formula is C21H19F3N4O3. The zero-order chi connectivity index (χ0) is 22.2. The van der Waals surface area contributed by atoms with Crippen molar-refractivity contribution in [1.29, 1.82) is 0 Å². The highest BCUT2D eigenvalue weighted by Gasteiger charge is 2.36. The number of aromatic amines is 1. The number of aromatic nitrogens is 3. The second-order valence-corrected chi connectivity index (χ2v) is 7.49. The molecule has 0 radical (unpaired) electrons. The van der Waals surface area contributed by atoms with E-state index < -0.39 is 28.9 Å². The van der Waals surface area contributed by atoms with Crippen molar-refractivity contribution >= 4 is 5.91 Å². The minimum Gasteiger partial charge on any atom is -0.489 e. The van der Waals surface area contributed by atoms with E-state index >= 15 is 0 Å². The van der Waals surface area contributed by atoms with Gasteiger partial charge in [0.05, 0.1) is 6.20 Å². The molecule has 2 aromatic heterocycles. The second-order valence-electron chi connectivity index (χ2n) is 7.49. The maximum Gasteiger partial charge on any atom is 0.431 e. The van der Waals surface area contributed by atoms with E-state index in [-0.39, 0.29) is 17.7 Å². The van der Waals surface area contributed by atoms with Crippen LogP contribution in [0.1, 0.15) is 34.5 Å². The zero-order valence-electron chi connectivity index (χ0n) is 16.3. The number of H-pyrrole nitrogens is 1. The molecule has 0 bridgehead atoms. The quantitative estimate of drug-likeness (QED) is 0.598. The number of nitrogens with zero attached hydrogens (tertiary/aromatic N) is 2. The number of pyridine rings is 1. The Labute approximate surface area is 174 Å². The summed E-state index contributed by atoms with van der Waals surface area (Å²) in [5.74, 6) is 0.0380. The number of benzene rings is 1. The summed E-state index contributed by atoms with van der Waals surface area (Å²) in [5.41, 5.74) is 2.80. The van der Waals surface area contributed by atoms with Crippen molar-refractivity contribution in [2.75, 3.05) is 0 Å². The predicted molar refractivity (Wildman–Crippen MR) is 105 cm³/mol. The maximum absolute atomic E-state index is 13.4. The third-order valence-corrected chi connectivity index (χ3v) is 4.99. The highest BCUT2D eigenvalue weighted by atomic mass is 19.4. The van der Waals surface area contributed by atoms with Gasteiger partial charge in [0.1, 0.15) is 23.6 Å². The number of nitrogens with two attached hydrogens (primary N) is 1. The molecule has 31 heavy (non-hydrogen) atoms. The zero-order valence-corrected chi connectivity index (χ0v) is 16.3. The van der Waals surface area contributed by atoms with Gasteiger partial charge in [-0.3, -0.25) is 14.3 Å². The molecule has 1 amide bonds. The summed E-state index contributed by atoms with van der Waals surface area (Å²) in [4.78, 5) is 24.9. The molecule has 1 aliphatic rings. The normalized spacial score (nSPS) is 13.9. The number of hydrogen-bond acceptors (Lipinski definition) is 4. The Kier molecular flexibility index (Phi) is 5.30. The number of carbonyl (C=O) groups excluding carboxylic acids is 1. The van der Waals surface area contributed by atoms with Crippen LogP contribution in [0.4, 0.5) is 13.2 Å². The summed E-state index contributed by atoms with van der Waals surface area (Å²) in [6.07, 6.45) is 1.27. The fraction of sp³-hybridized carbons (Fsp3) is 0.286. The monoisotopic (exact) mass is 432 g/mol. The molecule has 0 atom stereocenters. The van der Waals surface area contributed by atoms with Crippen LogP contribution in [0.15, 0.2) is 47.5 Å². The van der Waals surface area contributed by atoms with E-state index in [9.17, 15) is 22.8 Å². The molecule has 0 aliphatic heterocycles. The summed E-state index contributed by atoms with van der Waals surface area (Å²) >= 11 is 0. The van der Waals surface area contributed by atoms with E-state index in [4.69, 9.17) is 10.5 Å². The number of halogens is 3. The highest BCUT2D eigenvalue weighted by Crippen LogP contribution is 2.36. The van der Waals surface area contributed by atoms with E-state index in [0.717, 1.165) is 18.2 Å². The van der Waals surface area contributed by atoms with Gasteiger partial charge >= 0.3 is 6.18 Å². The molecule has 0 unspecified atom stereocenters. The fourth-order valence-electron chi connectivity index (χ4n) is 3.21. The van der Waals surface area contributed by atoms with E-state index in [1.165, 1.54) is 37.1 Å². The molecule has 10 heteroatoms. The molecule has 1 saturated carbocycles. The summed E-state index contributed by atoms with van der Waals surface area (Å²) in [6.45, 7) is 1.16. The predicted octanol–water partition coefficient (Wildman–Crippen LogP) is 3.35. The van der Waals surface area contributed by atoms with Gasteiger partial charge in [-0.25, -0.2) is 0 Å². The SMILES string of the molecule is NC(=O)c1cc(-c2ccc(OCc3cnn(CC4CC4)c3)cc2)c(C(F)(F)F)[nH]c1=O. The average molecular weight is 432 g/mol. The molecule has 7 nitrogen and oxygen atoms in total. The lowest BCUT2D eigenvalue weighted by Crippen LogP contribution is -2.27. The number of primary amides is 1. The largest absolute Gasteiger partial charge is 0.489 e. The fourth-order valence-corrected chi connectivity index (χ4v) is 3.21. The minimum absolute atomic E-state index is 0.149. The van der Waals surface area contributed by atoms with Gasteiger partial charge in [-0.2, -0.15) is 18.3 Å². The third-order valence-electron chi connectivity index (χ3n) is 4.99. The van der Waals surface area contributed by atoms with Gasteiger partial charge in [-0.15, -0.1) is 0 Å². The van der Waals surface area contributed by atoms with Crippen molar-refractivity contribution in [3.8, 4) is 16.9 Å². The molecule has 0 saturated heterocycles. The first-order chi connectivity index (χ1) is 14.7. The van der Waals surface area contributed by atoms with E-state index in [1.807, 2.05) is 10.9 Å². The van der Waals surface area contributed by atoms with Crippen LogP contribution in [-0.4, -0.2) is 20.7 Å². The standard InChI is InChI=1S/C21H19F3N4O3/c22-21(23,24)18-16(7-17(19(25)29)20(30)27-18)14-3-5-15(6-4-14)31-11-13-8-26-28(10-13)9-12-1-2-12/h3-8,10,12H,1-2,9,11H2,(H2,25,29)(H,27,30). The lowest BCUT2D eigenvalue weighted by molar-refractivity contribution is -0.140. The molecule has 1 fully saturated rings. The van der Waals surface area contributed by atoms with Crippen LogP contribution in [-0.2, 0) is 19.3 Å². The number of hydrogen-bond donors (Lipinski definition) is 2. The summed E-state index contributed by atoms with van der Waals surface area (Å²) in [6, 6.07) is 6.71. The molecule has 0 spiro atoms. The first-order valence-electron chi connectivity index (χ1n) is 9.59. The van der Waals surface area contributed by atoms with Crippen molar-refractivity contribution in [3.05, 3.63) is 69.9 Å². The molecule has 4 rings (SSSR count). The van der Waals surface area contributed by atoms with E-state index in [0.29, 0.717) is 11.7 Å². The van der Waals surface area contributed by atoms with Gasteiger partial charge in [-0.1, -0.05) is 12.1 Å². The first-order valence-corrected chi connectivity index (χ1v) is 9.59. The van der Waals surface area contributed by atoms with Crippen molar-refractivity contribution < 1.29 is 22.7 Å². The van der Waals surface area contributed by atoms with Crippen LogP contribution in [0.3, 0.4) is 0 Å². The minimum atomic E-state index is -4.82. The van der Waals surface area contributed by atoms with Crippen molar-refractivity contribution in [2.45, 2.75) is 32.2 Å². The summed E-state index contributed by atoms with van der Waals surface area (Å²) < 4.78 is 47.8. The van der Waals surface area contributed by atoms with Crippen molar-refractivity contribution in [3.63, 3.8) is 0 Å². The smallest absolute Gasteiger partial charge is 0.431 e. The molecular weight excluding hydrogens is 413 g/mol.